The van der Waals surface area contributed by atoms with Gasteiger partial charge in [0.15, 0.2) is 5.82 Å². The van der Waals surface area contributed by atoms with Crippen LogP contribution in [0.15, 0.2) is 30.7 Å². The van der Waals surface area contributed by atoms with Crippen LogP contribution in [-0.4, -0.2) is 20.9 Å². The zero-order valence-corrected chi connectivity index (χ0v) is 8.54. The van der Waals surface area contributed by atoms with Crippen molar-refractivity contribution in [3.05, 3.63) is 42.0 Å². The standard InChI is InChI=1S/C11H9N3O2/c1-7-5-8(9(11(15)16)14-6-7)10-12-3-2-4-13-10/h2-6H,1H3,(H,15,16)/p-1. The molecule has 2 aromatic heterocycles. The fourth-order valence-electron chi connectivity index (χ4n) is 1.34. The molecule has 0 unspecified atom stereocenters. The van der Waals surface area contributed by atoms with Crippen molar-refractivity contribution < 1.29 is 9.90 Å². The van der Waals surface area contributed by atoms with Crippen LogP contribution in [0.2, 0.25) is 0 Å². The Hall–Kier alpha value is -2.30. The molecule has 0 aliphatic rings. The van der Waals surface area contributed by atoms with Crippen LogP contribution in [0.3, 0.4) is 0 Å². The third-order valence-corrected chi connectivity index (χ3v) is 2.02. The van der Waals surface area contributed by atoms with E-state index < -0.39 is 5.97 Å². The van der Waals surface area contributed by atoms with E-state index in [9.17, 15) is 9.90 Å². The van der Waals surface area contributed by atoms with Crippen molar-refractivity contribution in [2.75, 3.05) is 0 Å². The lowest BCUT2D eigenvalue weighted by Crippen LogP contribution is -2.24. The van der Waals surface area contributed by atoms with Gasteiger partial charge < -0.3 is 9.90 Å². The molecule has 80 valence electrons. The quantitative estimate of drug-likeness (QED) is 0.714. The lowest BCUT2D eigenvalue weighted by molar-refractivity contribution is -0.255. The van der Waals surface area contributed by atoms with E-state index in [1.54, 1.807) is 24.5 Å². The molecule has 0 spiro atoms. The Bertz CT molecular complexity index is 526. The van der Waals surface area contributed by atoms with E-state index in [0.717, 1.165) is 5.56 Å². The summed E-state index contributed by atoms with van der Waals surface area (Å²) in [6.45, 7) is 1.82. The topological polar surface area (TPSA) is 78.8 Å². The number of aromatic carboxylic acids is 1. The van der Waals surface area contributed by atoms with Crippen LogP contribution >= 0.6 is 0 Å². The van der Waals surface area contributed by atoms with Gasteiger partial charge in [0.05, 0.1) is 11.7 Å². The Kier molecular flexibility index (Phi) is 2.59. The minimum atomic E-state index is -1.33. The molecule has 0 amide bonds. The molecular weight excluding hydrogens is 206 g/mol. The van der Waals surface area contributed by atoms with Gasteiger partial charge in [-0.3, -0.25) is 4.98 Å². The van der Waals surface area contributed by atoms with Crippen LogP contribution in [0.5, 0.6) is 0 Å². The van der Waals surface area contributed by atoms with Crippen LogP contribution in [0, 0.1) is 6.92 Å². The number of carbonyl (C=O) groups excluding carboxylic acids is 1. The Morgan fingerprint density at radius 1 is 1.25 bits per heavy atom. The molecule has 0 fully saturated rings. The van der Waals surface area contributed by atoms with Gasteiger partial charge in [-0.1, -0.05) is 0 Å². The molecule has 0 N–H and O–H groups in total. The summed E-state index contributed by atoms with van der Waals surface area (Å²) in [5, 5.41) is 10.9. The second-order valence-electron chi connectivity index (χ2n) is 3.27. The second kappa shape index (κ2) is 4.06. The summed E-state index contributed by atoms with van der Waals surface area (Å²) in [7, 11) is 0. The number of rotatable bonds is 2. The summed E-state index contributed by atoms with van der Waals surface area (Å²) in [6, 6.07) is 3.33. The molecule has 0 saturated heterocycles. The number of pyridine rings is 1. The Morgan fingerprint density at radius 2 is 1.94 bits per heavy atom. The number of aryl methyl sites for hydroxylation is 1. The van der Waals surface area contributed by atoms with E-state index in [2.05, 4.69) is 15.0 Å². The van der Waals surface area contributed by atoms with Crippen molar-refractivity contribution in [1.29, 1.82) is 0 Å². The third-order valence-electron chi connectivity index (χ3n) is 2.02. The number of carbonyl (C=O) groups is 1. The summed E-state index contributed by atoms with van der Waals surface area (Å²) >= 11 is 0. The van der Waals surface area contributed by atoms with Crippen molar-refractivity contribution in [1.82, 2.24) is 15.0 Å². The Morgan fingerprint density at radius 3 is 2.56 bits per heavy atom. The average Bonchev–Trinajstić information content (AvgIpc) is 2.29. The molecule has 2 heterocycles. The molecule has 5 nitrogen and oxygen atoms in total. The Balaban J connectivity index is 2.63. The van der Waals surface area contributed by atoms with Gasteiger partial charge in [-0.15, -0.1) is 0 Å². The molecule has 0 atom stereocenters. The van der Waals surface area contributed by atoms with Crippen molar-refractivity contribution in [2.24, 2.45) is 0 Å². The second-order valence-corrected chi connectivity index (χ2v) is 3.27. The maximum atomic E-state index is 10.9. The highest BCUT2D eigenvalue weighted by Gasteiger charge is 2.09. The van der Waals surface area contributed by atoms with E-state index in [4.69, 9.17) is 0 Å². The summed E-state index contributed by atoms with van der Waals surface area (Å²) in [5.41, 5.74) is 1.07. The van der Waals surface area contributed by atoms with Crippen LogP contribution in [0.4, 0.5) is 0 Å². The van der Waals surface area contributed by atoms with Crippen molar-refractivity contribution in [3.63, 3.8) is 0 Å². The highest BCUT2D eigenvalue weighted by Crippen LogP contribution is 2.18. The highest BCUT2D eigenvalue weighted by molar-refractivity contribution is 5.91. The lowest BCUT2D eigenvalue weighted by Gasteiger charge is -2.08. The molecule has 0 bridgehead atoms. The number of nitrogens with zero attached hydrogens (tertiary/aromatic N) is 3. The van der Waals surface area contributed by atoms with Crippen LogP contribution < -0.4 is 5.11 Å². The fraction of sp³-hybridized carbons (Fsp3) is 0.0909. The van der Waals surface area contributed by atoms with Gasteiger partial charge in [0.1, 0.15) is 0 Å². The molecule has 2 rings (SSSR count). The minimum Gasteiger partial charge on any atom is -0.543 e. The van der Waals surface area contributed by atoms with Crippen LogP contribution in [0.1, 0.15) is 16.1 Å². The van der Waals surface area contributed by atoms with Gasteiger partial charge in [0, 0.05) is 24.2 Å². The molecule has 0 aromatic carbocycles. The number of hydrogen-bond donors (Lipinski definition) is 0. The first-order valence-corrected chi connectivity index (χ1v) is 4.64. The summed E-state index contributed by atoms with van der Waals surface area (Å²) < 4.78 is 0. The molecule has 2 aromatic rings. The van der Waals surface area contributed by atoms with Crippen molar-refractivity contribution in [2.45, 2.75) is 6.92 Å². The van der Waals surface area contributed by atoms with Gasteiger partial charge in [-0.05, 0) is 24.6 Å². The maximum Gasteiger partial charge on any atom is 0.161 e. The predicted molar refractivity (Wildman–Crippen MR) is 54.3 cm³/mol. The van der Waals surface area contributed by atoms with E-state index >= 15 is 0 Å². The van der Waals surface area contributed by atoms with Gasteiger partial charge in [-0.2, -0.15) is 0 Å². The van der Waals surface area contributed by atoms with Crippen molar-refractivity contribution >= 4 is 5.97 Å². The normalized spacial score (nSPS) is 10.1. The van der Waals surface area contributed by atoms with Crippen molar-refractivity contribution in [3.8, 4) is 11.4 Å². The lowest BCUT2D eigenvalue weighted by atomic mass is 10.1. The molecule has 0 saturated carbocycles. The van der Waals surface area contributed by atoms with E-state index in [1.165, 1.54) is 6.20 Å². The van der Waals surface area contributed by atoms with Gasteiger partial charge in [0.2, 0.25) is 0 Å². The monoisotopic (exact) mass is 214 g/mol. The molecule has 16 heavy (non-hydrogen) atoms. The Labute approximate surface area is 91.8 Å². The van der Waals surface area contributed by atoms with E-state index in [0.29, 0.717) is 11.4 Å². The summed E-state index contributed by atoms with van der Waals surface area (Å²) in [4.78, 5) is 22.7. The average molecular weight is 214 g/mol. The first kappa shape index (κ1) is 10.2. The van der Waals surface area contributed by atoms with Gasteiger partial charge in [-0.25, -0.2) is 9.97 Å². The number of carboxylic acid groups (broad SMARTS) is 1. The predicted octanol–water partition coefficient (Wildman–Crippen LogP) is 0.211. The highest BCUT2D eigenvalue weighted by atomic mass is 16.4. The summed E-state index contributed by atoms with van der Waals surface area (Å²) in [6.07, 6.45) is 4.56. The maximum absolute atomic E-state index is 10.9. The largest absolute Gasteiger partial charge is 0.543 e. The SMILES string of the molecule is Cc1cnc(C(=O)[O-])c(-c2ncccn2)c1. The smallest absolute Gasteiger partial charge is 0.161 e. The minimum absolute atomic E-state index is 0.142. The van der Waals surface area contributed by atoms with Crippen LogP contribution in [-0.2, 0) is 0 Å². The zero-order valence-electron chi connectivity index (χ0n) is 8.54. The molecule has 0 aliphatic heterocycles. The third kappa shape index (κ3) is 1.88. The summed E-state index contributed by atoms with van der Waals surface area (Å²) in [5.74, 6) is -1.000. The number of hydrogen-bond acceptors (Lipinski definition) is 5. The first-order valence-electron chi connectivity index (χ1n) is 4.64. The molecule has 0 aliphatic carbocycles. The first-order chi connectivity index (χ1) is 7.68. The number of aromatic nitrogens is 3. The molecule has 0 radical (unpaired) electrons. The van der Waals surface area contributed by atoms with E-state index in [1.807, 2.05) is 6.92 Å². The molecular formula is C11H8N3O2-. The zero-order chi connectivity index (χ0) is 11.5. The molecule has 5 heteroatoms. The van der Waals surface area contributed by atoms with Crippen LogP contribution in [0.25, 0.3) is 11.4 Å². The fourth-order valence-corrected chi connectivity index (χ4v) is 1.34. The van der Waals surface area contributed by atoms with Gasteiger partial charge >= 0.3 is 0 Å². The number of carboxylic acids is 1. The van der Waals surface area contributed by atoms with E-state index in [-0.39, 0.29) is 5.69 Å². The van der Waals surface area contributed by atoms with Gasteiger partial charge in [0.25, 0.3) is 0 Å².